The van der Waals surface area contributed by atoms with Gasteiger partial charge in [-0.2, -0.15) is 0 Å². The molecule has 0 spiro atoms. The predicted octanol–water partition coefficient (Wildman–Crippen LogP) is 3.29. The molecular weight excluding hydrogens is 322 g/mol. The number of nitrogens with one attached hydrogen (secondary N) is 1. The molecule has 0 bridgehead atoms. The van der Waals surface area contributed by atoms with Crippen LogP contribution in [0, 0.1) is 0 Å². The molecule has 2 aromatic rings. The van der Waals surface area contributed by atoms with Crippen LogP contribution in [0.4, 0.5) is 5.69 Å². The molecule has 0 aliphatic carbocycles. The molecule has 0 saturated carbocycles. The Morgan fingerprint density at radius 1 is 1.04 bits per heavy atom. The van der Waals surface area contributed by atoms with Crippen molar-refractivity contribution in [2.45, 2.75) is 12.8 Å². The standard InChI is InChI=1S/C19H21NO5/c1-22-16-10-14(11-17(23-2)18(16)24-3)20-19(21)13-6-7-15-12(9-13)5-4-8-25-15/h6-7,9-11H,4-5,8H2,1-3H3,(H,20,21). The van der Waals surface area contributed by atoms with Gasteiger partial charge in [0.05, 0.1) is 27.9 Å². The Bertz CT molecular complexity index is 762. The van der Waals surface area contributed by atoms with Crippen LogP contribution in [0.25, 0.3) is 0 Å². The molecule has 0 radical (unpaired) electrons. The van der Waals surface area contributed by atoms with Crippen LogP contribution in [-0.4, -0.2) is 33.8 Å². The molecule has 2 aromatic carbocycles. The summed E-state index contributed by atoms with van der Waals surface area (Å²) in [6.07, 6.45) is 1.88. The molecule has 1 amide bonds. The molecule has 0 unspecified atom stereocenters. The molecule has 1 aliphatic rings. The van der Waals surface area contributed by atoms with Crippen molar-refractivity contribution < 1.29 is 23.7 Å². The number of amides is 1. The number of rotatable bonds is 5. The second kappa shape index (κ2) is 7.34. The Balaban J connectivity index is 1.85. The molecule has 0 fully saturated rings. The van der Waals surface area contributed by atoms with Crippen molar-refractivity contribution in [3.05, 3.63) is 41.5 Å². The molecular formula is C19H21NO5. The van der Waals surface area contributed by atoms with Gasteiger partial charge in [-0.05, 0) is 36.6 Å². The first-order valence-electron chi connectivity index (χ1n) is 8.03. The summed E-state index contributed by atoms with van der Waals surface area (Å²) < 4.78 is 21.5. The lowest BCUT2D eigenvalue weighted by molar-refractivity contribution is 0.102. The van der Waals surface area contributed by atoms with Crippen LogP contribution in [-0.2, 0) is 6.42 Å². The Labute approximate surface area is 146 Å². The number of hydrogen-bond acceptors (Lipinski definition) is 5. The number of carbonyl (C=O) groups is 1. The van der Waals surface area contributed by atoms with Crippen LogP contribution in [0.15, 0.2) is 30.3 Å². The minimum Gasteiger partial charge on any atom is -0.493 e. The fraction of sp³-hybridized carbons (Fsp3) is 0.316. The first-order valence-corrected chi connectivity index (χ1v) is 8.03. The predicted molar refractivity (Wildman–Crippen MR) is 94.3 cm³/mol. The van der Waals surface area contributed by atoms with Crippen LogP contribution in [0.3, 0.4) is 0 Å². The maximum atomic E-state index is 12.6. The minimum atomic E-state index is -0.206. The number of methoxy groups -OCH3 is 3. The van der Waals surface area contributed by atoms with E-state index in [4.69, 9.17) is 18.9 Å². The minimum absolute atomic E-state index is 0.206. The summed E-state index contributed by atoms with van der Waals surface area (Å²) in [4.78, 5) is 12.6. The number of fused-ring (bicyclic) bond motifs is 1. The van der Waals surface area contributed by atoms with E-state index in [-0.39, 0.29) is 5.91 Å². The van der Waals surface area contributed by atoms with E-state index in [9.17, 15) is 4.79 Å². The molecule has 0 saturated heterocycles. The van der Waals surface area contributed by atoms with E-state index in [1.54, 1.807) is 18.2 Å². The van der Waals surface area contributed by atoms with Gasteiger partial charge in [0.1, 0.15) is 5.75 Å². The van der Waals surface area contributed by atoms with Gasteiger partial charge in [0.2, 0.25) is 5.75 Å². The summed E-state index contributed by atoms with van der Waals surface area (Å²) in [5.41, 5.74) is 2.20. The molecule has 1 N–H and O–H groups in total. The van der Waals surface area contributed by atoms with Crippen LogP contribution < -0.4 is 24.3 Å². The van der Waals surface area contributed by atoms with Crippen molar-refractivity contribution in [1.82, 2.24) is 0 Å². The van der Waals surface area contributed by atoms with E-state index in [1.165, 1.54) is 21.3 Å². The zero-order valence-electron chi connectivity index (χ0n) is 14.5. The average molecular weight is 343 g/mol. The van der Waals surface area contributed by atoms with E-state index in [0.717, 1.165) is 30.8 Å². The van der Waals surface area contributed by atoms with Gasteiger partial charge in [-0.3, -0.25) is 4.79 Å². The smallest absolute Gasteiger partial charge is 0.255 e. The summed E-state index contributed by atoms with van der Waals surface area (Å²) in [6, 6.07) is 8.87. The van der Waals surface area contributed by atoms with Crippen molar-refractivity contribution in [3.63, 3.8) is 0 Å². The lowest BCUT2D eigenvalue weighted by atomic mass is 10.0. The normalized spacial score (nSPS) is 12.6. The van der Waals surface area contributed by atoms with Crippen molar-refractivity contribution in [3.8, 4) is 23.0 Å². The Hall–Kier alpha value is -2.89. The summed E-state index contributed by atoms with van der Waals surface area (Å²) in [5.74, 6) is 2.10. The molecule has 1 aliphatic heterocycles. The first-order chi connectivity index (χ1) is 12.2. The number of ether oxygens (including phenoxy) is 4. The van der Waals surface area contributed by atoms with Gasteiger partial charge in [0.15, 0.2) is 11.5 Å². The third-order valence-electron chi connectivity index (χ3n) is 4.09. The number of benzene rings is 2. The Kier molecular flexibility index (Phi) is 4.97. The lowest BCUT2D eigenvalue weighted by Crippen LogP contribution is -2.14. The fourth-order valence-corrected chi connectivity index (χ4v) is 2.86. The van der Waals surface area contributed by atoms with Crippen LogP contribution in [0.1, 0.15) is 22.3 Å². The second-order valence-electron chi connectivity index (χ2n) is 5.64. The molecule has 3 rings (SSSR count). The molecule has 0 atom stereocenters. The van der Waals surface area contributed by atoms with Crippen LogP contribution in [0.2, 0.25) is 0 Å². The monoisotopic (exact) mass is 343 g/mol. The van der Waals surface area contributed by atoms with Gasteiger partial charge >= 0.3 is 0 Å². The van der Waals surface area contributed by atoms with Gasteiger partial charge in [-0.1, -0.05) is 0 Å². The third-order valence-corrected chi connectivity index (χ3v) is 4.09. The quantitative estimate of drug-likeness (QED) is 0.902. The van der Waals surface area contributed by atoms with Crippen molar-refractivity contribution in [1.29, 1.82) is 0 Å². The largest absolute Gasteiger partial charge is 0.493 e. The molecule has 6 heteroatoms. The Morgan fingerprint density at radius 2 is 1.76 bits per heavy atom. The van der Waals surface area contributed by atoms with E-state index in [1.807, 2.05) is 12.1 Å². The highest BCUT2D eigenvalue weighted by molar-refractivity contribution is 6.04. The first kappa shape index (κ1) is 17.0. The van der Waals surface area contributed by atoms with E-state index < -0.39 is 0 Å². The second-order valence-corrected chi connectivity index (χ2v) is 5.64. The summed E-state index contributed by atoms with van der Waals surface area (Å²) in [5, 5.41) is 2.87. The van der Waals surface area contributed by atoms with Gasteiger partial charge < -0.3 is 24.3 Å². The molecule has 132 valence electrons. The highest BCUT2D eigenvalue weighted by Crippen LogP contribution is 2.40. The van der Waals surface area contributed by atoms with Gasteiger partial charge in [-0.25, -0.2) is 0 Å². The lowest BCUT2D eigenvalue weighted by Gasteiger charge is -2.18. The highest BCUT2D eigenvalue weighted by Gasteiger charge is 2.17. The summed E-state index contributed by atoms with van der Waals surface area (Å²) in [6.45, 7) is 0.726. The number of carbonyl (C=O) groups excluding carboxylic acids is 1. The van der Waals surface area contributed by atoms with Crippen molar-refractivity contribution >= 4 is 11.6 Å². The fourth-order valence-electron chi connectivity index (χ4n) is 2.86. The van der Waals surface area contributed by atoms with Crippen molar-refractivity contribution in [2.24, 2.45) is 0 Å². The van der Waals surface area contributed by atoms with E-state index in [2.05, 4.69) is 5.32 Å². The number of aryl methyl sites for hydroxylation is 1. The number of anilines is 1. The maximum Gasteiger partial charge on any atom is 0.255 e. The third kappa shape index (κ3) is 3.47. The van der Waals surface area contributed by atoms with Crippen LogP contribution in [0.5, 0.6) is 23.0 Å². The summed E-state index contributed by atoms with van der Waals surface area (Å²) in [7, 11) is 4.60. The zero-order valence-corrected chi connectivity index (χ0v) is 14.5. The Morgan fingerprint density at radius 3 is 2.40 bits per heavy atom. The molecule has 1 heterocycles. The topological polar surface area (TPSA) is 66.0 Å². The summed E-state index contributed by atoms with van der Waals surface area (Å²) >= 11 is 0. The van der Waals surface area contributed by atoms with E-state index >= 15 is 0 Å². The maximum absolute atomic E-state index is 12.6. The number of hydrogen-bond donors (Lipinski definition) is 1. The average Bonchev–Trinajstić information content (AvgIpc) is 2.66. The van der Waals surface area contributed by atoms with Gasteiger partial charge in [-0.15, -0.1) is 0 Å². The SMILES string of the molecule is COc1cc(NC(=O)c2ccc3c(c2)CCCO3)cc(OC)c1OC. The molecule has 25 heavy (non-hydrogen) atoms. The van der Waals surface area contributed by atoms with Crippen molar-refractivity contribution in [2.75, 3.05) is 33.3 Å². The molecule has 6 nitrogen and oxygen atoms in total. The van der Waals surface area contributed by atoms with Gasteiger partial charge in [0, 0.05) is 23.4 Å². The molecule has 0 aromatic heterocycles. The highest BCUT2D eigenvalue weighted by atomic mass is 16.5. The van der Waals surface area contributed by atoms with Gasteiger partial charge in [0.25, 0.3) is 5.91 Å². The van der Waals surface area contributed by atoms with E-state index in [0.29, 0.717) is 28.5 Å². The van der Waals surface area contributed by atoms with Crippen LogP contribution >= 0.6 is 0 Å². The zero-order chi connectivity index (χ0) is 17.8.